The first-order chi connectivity index (χ1) is 9.09. The maximum absolute atomic E-state index is 13.4. The van der Waals surface area contributed by atoms with Crippen LogP contribution in [-0.2, 0) is 4.79 Å². The summed E-state index contributed by atoms with van der Waals surface area (Å²) in [6.45, 7) is 0.00296. The van der Waals surface area contributed by atoms with Gasteiger partial charge in [0.2, 0.25) is 5.91 Å². The lowest BCUT2D eigenvalue weighted by atomic mass is 10.0. The summed E-state index contributed by atoms with van der Waals surface area (Å²) in [5.41, 5.74) is 6.03. The highest BCUT2D eigenvalue weighted by Crippen LogP contribution is 2.24. The maximum Gasteiger partial charge on any atom is 0.224 e. The Morgan fingerprint density at radius 1 is 1.47 bits per heavy atom. The summed E-state index contributed by atoms with van der Waals surface area (Å²) in [5, 5.41) is 12.5. The molecule has 4 nitrogen and oxygen atoms in total. The molecule has 0 unspecified atom stereocenters. The van der Waals surface area contributed by atoms with Gasteiger partial charge in [-0.05, 0) is 18.9 Å². The number of carbonyl (C=O) groups is 1. The summed E-state index contributed by atoms with van der Waals surface area (Å²) in [5.74, 6) is -0.810. The van der Waals surface area contributed by atoms with Crippen molar-refractivity contribution in [2.75, 3.05) is 6.54 Å². The third-order valence-electron chi connectivity index (χ3n) is 3.64. The minimum atomic E-state index is -1.04. The molecule has 1 aliphatic rings. The molecular formula is C14H19FN2O2. The molecule has 1 fully saturated rings. The fourth-order valence-electron chi connectivity index (χ4n) is 2.50. The molecule has 1 saturated carbocycles. The van der Waals surface area contributed by atoms with Gasteiger partial charge in [-0.25, -0.2) is 4.39 Å². The average Bonchev–Trinajstić information content (AvgIpc) is 2.82. The van der Waals surface area contributed by atoms with Crippen LogP contribution in [0, 0.1) is 11.7 Å². The van der Waals surface area contributed by atoms with Crippen LogP contribution in [0.3, 0.4) is 0 Å². The highest BCUT2D eigenvalue weighted by molar-refractivity contribution is 5.79. The van der Waals surface area contributed by atoms with Crippen LogP contribution in [0.5, 0.6) is 0 Å². The molecule has 2 rings (SSSR count). The van der Waals surface area contributed by atoms with Crippen molar-refractivity contribution in [3.8, 4) is 0 Å². The van der Waals surface area contributed by atoms with Gasteiger partial charge in [-0.15, -0.1) is 0 Å². The minimum Gasteiger partial charge on any atom is -0.386 e. The lowest BCUT2D eigenvalue weighted by molar-refractivity contribution is -0.125. The largest absolute Gasteiger partial charge is 0.386 e. The highest BCUT2D eigenvalue weighted by atomic mass is 19.1. The van der Waals surface area contributed by atoms with Crippen LogP contribution < -0.4 is 11.1 Å². The Morgan fingerprint density at radius 2 is 2.21 bits per heavy atom. The third kappa shape index (κ3) is 3.30. The number of aliphatic hydroxyl groups excluding tert-OH is 1. The van der Waals surface area contributed by atoms with E-state index in [1.807, 2.05) is 0 Å². The van der Waals surface area contributed by atoms with Gasteiger partial charge < -0.3 is 16.2 Å². The van der Waals surface area contributed by atoms with Crippen LogP contribution in [0.1, 0.15) is 30.9 Å². The van der Waals surface area contributed by atoms with E-state index in [0.29, 0.717) is 0 Å². The number of nitrogens with one attached hydrogen (secondary N) is 1. The molecule has 104 valence electrons. The number of benzene rings is 1. The van der Waals surface area contributed by atoms with Crippen molar-refractivity contribution in [1.29, 1.82) is 0 Å². The quantitative estimate of drug-likeness (QED) is 0.764. The molecule has 1 amide bonds. The number of rotatable bonds is 4. The summed E-state index contributed by atoms with van der Waals surface area (Å²) >= 11 is 0. The molecule has 0 aromatic heterocycles. The second-order valence-electron chi connectivity index (χ2n) is 4.98. The number of carbonyl (C=O) groups excluding carboxylic acids is 1. The Morgan fingerprint density at radius 3 is 2.84 bits per heavy atom. The first-order valence-corrected chi connectivity index (χ1v) is 6.55. The van der Waals surface area contributed by atoms with E-state index in [-0.39, 0.29) is 30.0 Å². The molecule has 0 radical (unpaired) electrons. The van der Waals surface area contributed by atoms with E-state index in [9.17, 15) is 14.3 Å². The van der Waals surface area contributed by atoms with E-state index in [2.05, 4.69) is 5.32 Å². The summed E-state index contributed by atoms with van der Waals surface area (Å²) in [6.07, 6.45) is 1.55. The molecule has 0 aliphatic heterocycles. The predicted octanol–water partition coefficient (Wildman–Crippen LogP) is 1.10. The highest BCUT2D eigenvalue weighted by Gasteiger charge is 2.30. The van der Waals surface area contributed by atoms with E-state index >= 15 is 0 Å². The summed E-state index contributed by atoms with van der Waals surface area (Å²) in [6, 6.07) is 5.89. The lowest BCUT2D eigenvalue weighted by Crippen LogP contribution is -2.40. The van der Waals surface area contributed by atoms with E-state index in [4.69, 9.17) is 5.73 Å². The van der Waals surface area contributed by atoms with Crippen molar-refractivity contribution < 1.29 is 14.3 Å². The van der Waals surface area contributed by atoms with Gasteiger partial charge in [0.05, 0.1) is 12.0 Å². The average molecular weight is 266 g/mol. The topological polar surface area (TPSA) is 75.4 Å². The molecule has 3 atom stereocenters. The first-order valence-electron chi connectivity index (χ1n) is 6.55. The Bertz CT molecular complexity index is 453. The van der Waals surface area contributed by atoms with E-state index in [1.54, 1.807) is 12.1 Å². The zero-order valence-corrected chi connectivity index (χ0v) is 10.7. The van der Waals surface area contributed by atoms with Gasteiger partial charge in [-0.2, -0.15) is 0 Å². The molecule has 0 saturated heterocycles. The number of amides is 1. The van der Waals surface area contributed by atoms with Crippen LogP contribution >= 0.6 is 0 Å². The molecule has 1 aliphatic carbocycles. The van der Waals surface area contributed by atoms with Gasteiger partial charge in [0.25, 0.3) is 0 Å². The van der Waals surface area contributed by atoms with E-state index in [0.717, 1.165) is 19.3 Å². The van der Waals surface area contributed by atoms with Gasteiger partial charge in [-0.1, -0.05) is 24.6 Å². The first kappa shape index (κ1) is 14.0. The van der Waals surface area contributed by atoms with Crippen molar-refractivity contribution in [3.63, 3.8) is 0 Å². The number of halogens is 1. The van der Waals surface area contributed by atoms with Gasteiger partial charge in [-0.3, -0.25) is 4.79 Å². The molecule has 0 bridgehead atoms. The molecule has 0 heterocycles. The second-order valence-corrected chi connectivity index (χ2v) is 4.98. The predicted molar refractivity (Wildman–Crippen MR) is 69.7 cm³/mol. The van der Waals surface area contributed by atoms with Crippen molar-refractivity contribution >= 4 is 5.91 Å². The Kier molecular flexibility index (Phi) is 4.50. The van der Waals surface area contributed by atoms with Crippen LogP contribution in [-0.4, -0.2) is 23.6 Å². The second kappa shape index (κ2) is 6.12. The summed E-state index contributed by atoms with van der Waals surface area (Å²) in [4.78, 5) is 11.9. The minimum absolute atomic E-state index is 0.00296. The number of aliphatic hydroxyl groups is 1. The zero-order valence-electron chi connectivity index (χ0n) is 10.7. The molecule has 19 heavy (non-hydrogen) atoms. The Balaban J connectivity index is 1.88. The van der Waals surface area contributed by atoms with Crippen LogP contribution in [0.15, 0.2) is 24.3 Å². The zero-order chi connectivity index (χ0) is 13.8. The van der Waals surface area contributed by atoms with Gasteiger partial charge in [0.1, 0.15) is 5.82 Å². The van der Waals surface area contributed by atoms with Gasteiger partial charge >= 0.3 is 0 Å². The standard InChI is InChI=1S/C14H19FN2O2/c15-11-6-2-1-4-9(11)13(18)8-17-14(19)10-5-3-7-12(10)16/h1-2,4,6,10,12-13,18H,3,5,7-8,16H2,(H,17,19)/t10-,12+,13+/m0/s1. The third-order valence-corrected chi connectivity index (χ3v) is 3.64. The lowest BCUT2D eigenvalue weighted by Gasteiger charge is -2.17. The fourth-order valence-corrected chi connectivity index (χ4v) is 2.50. The molecule has 5 heteroatoms. The normalized spacial score (nSPS) is 24.2. The van der Waals surface area contributed by atoms with Crippen LogP contribution in [0.2, 0.25) is 0 Å². The number of hydrogen-bond donors (Lipinski definition) is 3. The number of nitrogens with two attached hydrogens (primary N) is 1. The smallest absolute Gasteiger partial charge is 0.224 e. The Hall–Kier alpha value is -1.46. The van der Waals surface area contributed by atoms with Gasteiger partial charge in [0, 0.05) is 18.2 Å². The Labute approximate surface area is 111 Å². The molecule has 1 aromatic carbocycles. The van der Waals surface area contributed by atoms with Crippen molar-refractivity contribution in [2.45, 2.75) is 31.4 Å². The molecule has 0 spiro atoms. The van der Waals surface area contributed by atoms with Crippen LogP contribution in [0.4, 0.5) is 4.39 Å². The summed E-state index contributed by atoms with van der Waals surface area (Å²) in [7, 11) is 0. The van der Waals surface area contributed by atoms with Crippen molar-refractivity contribution in [3.05, 3.63) is 35.6 Å². The van der Waals surface area contributed by atoms with Crippen molar-refractivity contribution in [1.82, 2.24) is 5.32 Å². The monoisotopic (exact) mass is 266 g/mol. The van der Waals surface area contributed by atoms with Crippen LogP contribution in [0.25, 0.3) is 0 Å². The molecule has 4 N–H and O–H groups in total. The van der Waals surface area contributed by atoms with Crippen molar-refractivity contribution in [2.24, 2.45) is 11.7 Å². The fraction of sp³-hybridized carbons (Fsp3) is 0.500. The number of hydrogen-bond acceptors (Lipinski definition) is 3. The van der Waals surface area contributed by atoms with Gasteiger partial charge in [0.15, 0.2) is 0 Å². The van der Waals surface area contributed by atoms with E-state index in [1.165, 1.54) is 12.1 Å². The molecule has 1 aromatic rings. The van der Waals surface area contributed by atoms with E-state index < -0.39 is 11.9 Å². The summed E-state index contributed by atoms with van der Waals surface area (Å²) < 4.78 is 13.4. The maximum atomic E-state index is 13.4. The SMILES string of the molecule is N[C@@H]1CCC[C@@H]1C(=O)NC[C@@H](O)c1ccccc1F. The molecular weight excluding hydrogens is 247 g/mol.